The van der Waals surface area contributed by atoms with E-state index in [4.69, 9.17) is 17.0 Å². The molecule has 6 heteroatoms. The zero-order valence-corrected chi connectivity index (χ0v) is 12.3. The molecule has 5 nitrogen and oxygen atoms in total. The Balaban J connectivity index is 1.92. The Morgan fingerprint density at radius 1 is 1.53 bits per heavy atom. The summed E-state index contributed by atoms with van der Waals surface area (Å²) in [6, 6.07) is 0. The van der Waals surface area contributed by atoms with Crippen LogP contribution in [0, 0.1) is 17.6 Å². The highest BCUT2D eigenvalue weighted by Crippen LogP contribution is 2.21. The van der Waals surface area contributed by atoms with Crippen molar-refractivity contribution in [1.82, 2.24) is 19.3 Å². The Bertz CT molecular complexity index is 633. The summed E-state index contributed by atoms with van der Waals surface area (Å²) in [6.45, 7) is 7.74. The van der Waals surface area contributed by atoms with Crippen molar-refractivity contribution in [2.75, 3.05) is 13.2 Å². The van der Waals surface area contributed by atoms with E-state index in [-0.39, 0.29) is 0 Å². The number of hydrogen-bond donors (Lipinski definition) is 1. The van der Waals surface area contributed by atoms with Crippen molar-refractivity contribution in [2.24, 2.45) is 5.92 Å². The fraction of sp³-hybridized carbons (Fsp3) is 0.692. The largest absolute Gasteiger partial charge is 0.381 e. The number of hydrogen-bond acceptors (Lipinski definition) is 3. The van der Waals surface area contributed by atoms with Gasteiger partial charge in [-0.1, -0.05) is 0 Å². The van der Waals surface area contributed by atoms with Crippen LogP contribution in [0.3, 0.4) is 0 Å². The molecule has 0 radical (unpaired) electrons. The van der Waals surface area contributed by atoms with Crippen LogP contribution in [0.1, 0.15) is 25.5 Å². The first kappa shape index (κ1) is 12.9. The number of nitrogens with zero attached hydrogens (tertiary/aromatic N) is 3. The molecule has 1 unspecified atom stereocenters. The number of ether oxygens (including phenoxy) is 1. The summed E-state index contributed by atoms with van der Waals surface area (Å²) in [5.74, 6) is 0.672. The van der Waals surface area contributed by atoms with Crippen molar-refractivity contribution in [2.45, 2.75) is 39.8 Å². The molecular formula is C13H20N4OS. The van der Waals surface area contributed by atoms with Crippen molar-refractivity contribution in [3.8, 4) is 0 Å². The maximum atomic E-state index is 5.45. The van der Waals surface area contributed by atoms with Gasteiger partial charge in [-0.3, -0.25) is 0 Å². The van der Waals surface area contributed by atoms with E-state index in [2.05, 4.69) is 21.6 Å². The minimum Gasteiger partial charge on any atom is -0.381 e. The summed E-state index contributed by atoms with van der Waals surface area (Å²) in [5.41, 5.74) is 3.23. The lowest BCUT2D eigenvalue weighted by Gasteiger charge is -2.09. The second-order valence-electron chi connectivity index (χ2n) is 5.20. The third-order valence-corrected chi connectivity index (χ3v) is 4.24. The molecule has 19 heavy (non-hydrogen) atoms. The third kappa shape index (κ3) is 2.23. The zero-order valence-electron chi connectivity index (χ0n) is 11.5. The molecule has 0 aromatic carbocycles. The monoisotopic (exact) mass is 280 g/mol. The van der Waals surface area contributed by atoms with E-state index in [1.807, 2.05) is 11.6 Å². The molecule has 0 saturated carbocycles. The van der Waals surface area contributed by atoms with Gasteiger partial charge in [0.05, 0.1) is 5.69 Å². The number of fused-ring (bicyclic) bond motifs is 1. The van der Waals surface area contributed by atoms with Gasteiger partial charge >= 0.3 is 0 Å². The van der Waals surface area contributed by atoms with Gasteiger partial charge in [-0.15, -0.1) is 0 Å². The van der Waals surface area contributed by atoms with Gasteiger partial charge in [0.25, 0.3) is 0 Å². The topological polar surface area (TPSA) is 47.8 Å². The molecule has 3 heterocycles. The minimum atomic E-state index is 0.672. The molecule has 1 aliphatic heterocycles. The minimum absolute atomic E-state index is 0.672. The van der Waals surface area contributed by atoms with Crippen LogP contribution >= 0.6 is 12.2 Å². The summed E-state index contributed by atoms with van der Waals surface area (Å²) in [4.78, 5) is 3.29. The van der Waals surface area contributed by atoms with Crippen molar-refractivity contribution < 1.29 is 4.74 Å². The van der Waals surface area contributed by atoms with Crippen molar-refractivity contribution in [1.29, 1.82) is 0 Å². The second-order valence-corrected chi connectivity index (χ2v) is 5.59. The molecule has 0 bridgehead atoms. The summed E-state index contributed by atoms with van der Waals surface area (Å²) < 4.78 is 10.5. The highest BCUT2D eigenvalue weighted by atomic mass is 32.1. The normalized spacial score (nSPS) is 19.6. The predicted octanol–water partition coefficient (Wildman–Crippen LogP) is 2.65. The predicted molar refractivity (Wildman–Crippen MR) is 76.9 cm³/mol. The summed E-state index contributed by atoms with van der Waals surface area (Å²) >= 11 is 5.45. The van der Waals surface area contributed by atoms with E-state index in [0.717, 1.165) is 54.4 Å². The summed E-state index contributed by atoms with van der Waals surface area (Å²) in [6.07, 6.45) is 2.29. The maximum absolute atomic E-state index is 5.45. The van der Waals surface area contributed by atoms with Crippen LogP contribution in [-0.2, 0) is 17.8 Å². The number of H-pyrrole nitrogens is 1. The third-order valence-electron chi connectivity index (χ3n) is 3.92. The second kappa shape index (κ2) is 5.09. The van der Waals surface area contributed by atoms with Gasteiger partial charge in [0, 0.05) is 26.3 Å². The lowest BCUT2D eigenvalue weighted by molar-refractivity contribution is 0.183. The van der Waals surface area contributed by atoms with E-state index >= 15 is 0 Å². The quantitative estimate of drug-likeness (QED) is 0.876. The van der Waals surface area contributed by atoms with E-state index in [0.29, 0.717) is 5.92 Å². The number of aromatic amines is 1. The molecule has 1 aliphatic rings. The molecule has 1 N–H and O–H groups in total. The lowest BCUT2D eigenvalue weighted by Crippen LogP contribution is -2.09. The van der Waals surface area contributed by atoms with Gasteiger partial charge in [0.15, 0.2) is 10.4 Å². The molecule has 0 amide bonds. The molecule has 1 atom stereocenters. The fourth-order valence-corrected chi connectivity index (χ4v) is 3.09. The number of imidazole rings is 1. The van der Waals surface area contributed by atoms with Crippen LogP contribution in [0.25, 0.3) is 11.2 Å². The van der Waals surface area contributed by atoms with Gasteiger partial charge in [-0.25, -0.2) is 4.68 Å². The highest BCUT2D eigenvalue weighted by Gasteiger charge is 2.18. The standard InChI is InChI=1S/C13H20N4OS/c1-3-17-12-11(9(2)15-17)14-13(19)16(12)6-4-10-5-7-18-8-10/h10H,3-8H2,1-2H3,(H,14,19). The number of aromatic nitrogens is 4. The van der Waals surface area contributed by atoms with Gasteiger partial charge < -0.3 is 14.3 Å². The summed E-state index contributed by atoms with van der Waals surface area (Å²) in [5, 5.41) is 4.54. The fourth-order valence-electron chi connectivity index (χ4n) is 2.81. The molecule has 3 rings (SSSR count). The average Bonchev–Trinajstić information content (AvgIpc) is 3.06. The number of nitrogens with one attached hydrogen (secondary N) is 1. The maximum Gasteiger partial charge on any atom is 0.179 e. The van der Waals surface area contributed by atoms with Crippen molar-refractivity contribution in [3.05, 3.63) is 10.5 Å². The Labute approximate surface area is 117 Å². The van der Waals surface area contributed by atoms with Gasteiger partial charge in [0.2, 0.25) is 0 Å². The van der Waals surface area contributed by atoms with E-state index in [1.165, 1.54) is 6.42 Å². The molecule has 1 saturated heterocycles. The van der Waals surface area contributed by atoms with E-state index < -0.39 is 0 Å². The van der Waals surface area contributed by atoms with Gasteiger partial charge in [0.1, 0.15) is 5.52 Å². The van der Waals surface area contributed by atoms with Crippen LogP contribution < -0.4 is 0 Å². The molecule has 0 spiro atoms. The van der Waals surface area contributed by atoms with Crippen molar-refractivity contribution in [3.63, 3.8) is 0 Å². The SMILES string of the molecule is CCn1nc(C)c2[nH]c(=S)n(CCC3CCOC3)c21. The first-order valence-electron chi connectivity index (χ1n) is 6.94. The van der Waals surface area contributed by atoms with Crippen LogP contribution in [0.2, 0.25) is 0 Å². The lowest BCUT2D eigenvalue weighted by atomic mass is 10.1. The first-order chi connectivity index (χ1) is 9.20. The highest BCUT2D eigenvalue weighted by molar-refractivity contribution is 7.71. The smallest absolute Gasteiger partial charge is 0.179 e. The average molecular weight is 280 g/mol. The van der Waals surface area contributed by atoms with Gasteiger partial charge in [-0.2, -0.15) is 5.10 Å². The number of rotatable bonds is 4. The Morgan fingerprint density at radius 2 is 2.37 bits per heavy atom. The Hall–Kier alpha value is -1.14. The molecule has 0 aliphatic carbocycles. The summed E-state index contributed by atoms with van der Waals surface area (Å²) in [7, 11) is 0. The molecule has 2 aromatic heterocycles. The molecular weight excluding hydrogens is 260 g/mol. The van der Waals surface area contributed by atoms with Crippen LogP contribution in [0.5, 0.6) is 0 Å². The van der Waals surface area contributed by atoms with E-state index in [9.17, 15) is 0 Å². The zero-order chi connectivity index (χ0) is 13.4. The molecule has 1 fully saturated rings. The van der Waals surface area contributed by atoms with Crippen molar-refractivity contribution >= 4 is 23.4 Å². The molecule has 104 valence electrons. The van der Waals surface area contributed by atoms with Crippen LogP contribution in [0.15, 0.2) is 0 Å². The van der Waals surface area contributed by atoms with Crippen LogP contribution in [0.4, 0.5) is 0 Å². The van der Waals surface area contributed by atoms with Crippen LogP contribution in [-0.4, -0.2) is 32.5 Å². The number of aryl methyl sites for hydroxylation is 3. The molecule has 2 aromatic rings. The van der Waals surface area contributed by atoms with E-state index in [1.54, 1.807) is 0 Å². The Morgan fingerprint density at radius 3 is 3.05 bits per heavy atom. The van der Waals surface area contributed by atoms with Gasteiger partial charge in [-0.05, 0) is 44.8 Å². The Kier molecular flexibility index (Phi) is 3.45. The first-order valence-corrected chi connectivity index (χ1v) is 7.35.